The van der Waals surface area contributed by atoms with Crippen LogP contribution in [0.4, 0.5) is 22.0 Å². The molecule has 13 nitrogen and oxygen atoms in total. The van der Waals surface area contributed by atoms with Gasteiger partial charge in [-0.2, -0.15) is 13.2 Å². The van der Waals surface area contributed by atoms with Crippen LogP contribution in [-0.2, 0) is 46.1 Å². The van der Waals surface area contributed by atoms with Gasteiger partial charge in [-0.05, 0) is 95.8 Å². The van der Waals surface area contributed by atoms with Crippen molar-refractivity contribution in [2.45, 2.75) is 146 Å². The molecule has 2 saturated carbocycles. The van der Waals surface area contributed by atoms with Crippen molar-refractivity contribution in [3.8, 4) is 0 Å². The third kappa shape index (κ3) is 11.3. The largest absolute Gasteiger partial charge is 0.460 e. The molecule has 330 valence electrons. The van der Waals surface area contributed by atoms with Crippen molar-refractivity contribution in [3.05, 3.63) is 34.9 Å². The molecule has 0 spiro atoms. The summed E-state index contributed by atoms with van der Waals surface area (Å²) in [6.07, 6.45) is -0.664. The van der Waals surface area contributed by atoms with Crippen LogP contribution < -0.4 is 11.1 Å². The first-order valence-corrected chi connectivity index (χ1v) is 20.3. The highest BCUT2D eigenvalue weighted by Gasteiger charge is 2.50. The molecule has 1 aromatic rings. The molecule has 18 heteroatoms. The second-order valence-corrected chi connectivity index (χ2v) is 17.4. The highest BCUT2D eigenvalue weighted by Crippen LogP contribution is 2.37. The van der Waals surface area contributed by atoms with E-state index in [9.17, 15) is 50.7 Å². The topological polar surface area (TPSA) is 163 Å². The number of nitrogens with zero attached hydrogens (tertiary/aromatic N) is 4. The van der Waals surface area contributed by atoms with Crippen molar-refractivity contribution in [3.63, 3.8) is 0 Å². The van der Waals surface area contributed by atoms with Gasteiger partial charge in [-0.15, -0.1) is 0 Å². The van der Waals surface area contributed by atoms with E-state index in [1.807, 2.05) is 0 Å². The number of rotatable bonds is 14. The van der Waals surface area contributed by atoms with E-state index >= 15 is 0 Å². The monoisotopic (exact) mass is 842 g/mol. The Hall–Kier alpha value is -4.35. The van der Waals surface area contributed by atoms with Crippen molar-refractivity contribution in [1.29, 1.82) is 0 Å². The van der Waals surface area contributed by atoms with Crippen LogP contribution >= 0.6 is 0 Å². The lowest BCUT2D eigenvalue weighted by molar-refractivity contribution is -0.161. The second-order valence-electron chi connectivity index (χ2n) is 17.4. The fraction of sp³-hybridized carbons (Fsp3) is 0.707. The number of ether oxygens (including phenoxy) is 1. The van der Waals surface area contributed by atoms with Crippen LogP contribution in [0.15, 0.2) is 12.1 Å². The quantitative estimate of drug-likeness (QED) is 0.207. The molecule has 1 aliphatic heterocycles. The lowest BCUT2D eigenvalue weighted by Gasteiger charge is -2.41. The van der Waals surface area contributed by atoms with Gasteiger partial charge < -0.3 is 35.4 Å². The molecule has 0 radical (unpaired) electrons. The van der Waals surface area contributed by atoms with E-state index in [-0.39, 0.29) is 50.1 Å². The van der Waals surface area contributed by atoms with Crippen molar-refractivity contribution in [2.75, 3.05) is 34.7 Å². The van der Waals surface area contributed by atoms with Gasteiger partial charge in [0.05, 0.1) is 12.5 Å². The second kappa shape index (κ2) is 18.9. The van der Waals surface area contributed by atoms with E-state index in [2.05, 4.69) is 5.32 Å². The summed E-state index contributed by atoms with van der Waals surface area (Å²) >= 11 is 0. The minimum atomic E-state index is -5.23. The van der Waals surface area contributed by atoms with Gasteiger partial charge >= 0.3 is 12.1 Å². The molecule has 3 N–H and O–H groups in total. The third-order valence-electron chi connectivity index (χ3n) is 11.7. The summed E-state index contributed by atoms with van der Waals surface area (Å²) in [4.78, 5) is 88.5. The summed E-state index contributed by atoms with van der Waals surface area (Å²) in [6, 6.07) is -3.38. The van der Waals surface area contributed by atoms with E-state index < -0.39 is 101 Å². The van der Waals surface area contributed by atoms with Gasteiger partial charge in [-0.3, -0.25) is 28.8 Å². The fourth-order valence-electron chi connectivity index (χ4n) is 8.70. The predicted octanol–water partition coefficient (Wildman–Crippen LogP) is 4.33. The van der Waals surface area contributed by atoms with Crippen molar-refractivity contribution >= 4 is 35.5 Å². The highest BCUT2D eigenvalue weighted by molar-refractivity contribution is 5.98. The summed E-state index contributed by atoms with van der Waals surface area (Å²) < 4.78 is 72.9. The number of carbonyl (C=O) groups excluding carboxylic acids is 6. The van der Waals surface area contributed by atoms with Crippen LogP contribution in [-0.4, -0.2) is 125 Å². The third-order valence-corrected chi connectivity index (χ3v) is 11.7. The van der Waals surface area contributed by atoms with Gasteiger partial charge in [0.25, 0.3) is 0 Å². The molecule has 3 aliphatic rings. The summed E-state index contributed by atoms with van der Waals surface area (Å²) in [7, 11) is 5.97. The molecule has 0 bridgehead atoms. The maximum Gasteiger partial charge on any atom is 0.422 e. The number of aryl methyl sites for hydroxylation is 1. The van der Waals surface area contributed by atoms with Crippen LogP contribution in [0.3, 0.4) is 0 Å². The van der Waals surface area contributed by atoms with Gasteiger partial charge in [-0.1, -0.05) is 25.7 Å². The molecule has 4 rings (SSSR count). The summed E-state index contributed by atoms with van der Waals surface area (Å²) in [5.74, 6) is -7.23. The molecular weight excluding hydrogens is 783 g/mol. The number of halogens is 5. The van der Waals surface area contributed by atoms with E-state index in [1.165, 1.54) is 47.8 Å². The number of nitrogens with two attached hydrogens (primary N) is 1. The number of carbonyl (C=O) groups is 6. The Labute approximate surface area is 342 Å². The number of nitrogens with one attached hydrogen (secondary N) is 1. The molecule has 59 heavy (non-hydrogen) atoms. The minimum Gasteiger partial charge on any atom is -0.460 e. The van der Waals surface area contributed by atoms with Crippen LogP contribution in [0.2, 0.25) is 0 Å². The number of amides is 5. The molecule has 2 aliphatic carbocycles. The van der Waals surface area contributed by atoms with E-state index in [4.69, 9.17) is 10.5 Å². The van der Waals surface area contributed by atoms with Gasteiger partial charge in [0, 0.05) is 34.7 Å². The smallest absolute Gasteiger partial charge is 0.422 e. The van der Waals surface area contributed by atoms with Crippen molar-refractivity contribution in [1.82, 2.24) is 24.9 Å². The molecular formula is C41H59F5N6O7. The normalized spacial score (nSPS) is 19.8. The van der Waals surface area contributed by atoms with Crippen LogP contribution in [0.1, 0.15) is 109 Å². The molecule has 1 heterocycles. The summed E-state index contributed by atoms with van der Waals surface area (Å²) in [6.45, 7) is 5.24. The van der Waals surface area contributed by atoms with Crippen LogP contribution in [0.25, 0.3) is 0 Å². The maximum absolute atomic E-state index is 14.7. The number of esters is 1. The Bertz CT molecular complexity index is 1720. The number of hydrogen-bond donors (Lipinski definition) is 2. The fourth-order valence-corrected chi connectivity index (χ4v) is 8.70. The number of hydrogen-bond acceptors (Lipinski definition) is 8. The Balaban J connectivity index is 1.52. The van der Waals surface area contributed by atoms with E-state index in [0.29, 0.717) is 44.2 Å². The molecule has 1 aromatic carbocycles. The lowest BCUT2D eigenvalue weighted by atomic mass is 9.90. The van der Waals surface area contributed by atoms with Crippen LogP contribution in [0.5, 0.6) is 0 Å². The number of alkyl halides is 3. The zero-order valence-electron chi connectivity index (χ0n) is 35.1. The first-order valence-electron chi connectivity index (χ1n) is 20.3. The van der Waals surface area contributed by atoms with Crippen molar-refractivity contribution in [2.24, 2.45) is 11.7 Å². The van der Waals surface area contributed by atoms with Gasteiger partial charge in [0.1, 0.15) is 46.5 Å². The number of likely N-dealkylation sites (N-methyl/N-ethyl adjacent to an activating group) is 3. The zero-order valence-corrected chi connectivity index (χ0v) is 35.1. The number of benzene rings is 1. The maximum atomic E-state index is 14.7. The standard InChI is InChI=1S/C41H59F5N6O7/c1-39(2,3)59-31(53)23-30(36(56)49(4)5)50(6)37(57)33(25-13-8-9-14-25)51(7)38(58)40(18-10-11-19-40)48-34(54)29-15-12-20-52(29)35(55)28(47)17-16-24-21-26(42)32(27(43)22-24)41(44,45)46/h21-22,25,28-30,33H,8-20,23,47H2,1-7H3,(H,48,54)/t28-,29-,30-,33-/m0/s1. The molecule has 5 amide bonds. The zero-order chi connectivity index (χ0) is 44.2. The van der Waals surface area contributed by atoms with Gasteiger partial charge in [-0.25, -0.2) is 8.78 Å². The molecule has 1 saturated heterocycles. The molecule has 4 atom stereocenters. The average Bonchev–Trinajstić information content (AvgIpc) is 3.93. The SMILES string of the molecule is CN(C)C(=O)[C@H](CC(=O)OC(C)(C)C)N(C)C(=O)[C@H](C1CCCC1)N(C)C(=O)C1(NC(=O)[C@@H]2CCCN2C(=O)[C@@H](N)CCc2cc(F)c(C(F)(F)F)c(F)c2)CCCC1. The van der Waals surface area contributed by atoms with Gasteiger partial charge in [0.2, 0.25) is 29.5 Å². The minimum absolute atomic E-state index is 0.124. The van der Waals surface area contributed by atoms with Gasteiger partial charge in [0.15, 0.2) is 0 Å². The highest BCUT2D eigenvalue weighted by atomic mass is 19.4. The lowest BCUT2D eigenvalue weighted by Crippen LogP contribution is -2.65. The van der Waals surface area contributed by atoms with Crippen molar-refractivity contribution < 1.29 is 55.5 Å². The summed E-state index contributed by atoms with van der Waals surface area (Å²) in [5, 5.41) is 2.96. The first-order chi connectivity index (χ1) is 27.4. The molecule has 0 unspecified atom stereocenters. The van der Waals surface area contributed by atoms with E-state index in [0.717, 1.165) is 12.8 Å². The van der Waals surface area contributed by atoms with Crippen LogP contribution in [0, 0.1) is 17.6 Å². The van der Waals surface area contributed by atoms with E-state index in [1.54, 1.807) is 20.8 Å². The molecule has 3 fully saturated rings. The average molecular weight is 843 g/mol. The predicted molar refractivity (Wildman–Crippen MR) is 206 cm³/mol. The molecule has 0 aromatic heterocycles. The Kier molecular flexibility index (Phi) is 15.2. The Morgan fingerprint density at radius 2 is 1.46 bits per heavy atom. The first kappa shape index (κ1) is 47.3. The Morgan fingerprint density at radius 1 is 0.881 bits per heavy atom. The Morgan fingerprint density at radius 3 is 1.98 bits per heavy atom. The summed E-state index contributed by atoms with van der Waals surface area (Å²) in [5.41, 5.74) is 1.80. The number of likely N-dealkylation sites (tertiary alicyclic amines) is 1.